The lowest BCUT2D eigenvalue weighted by Gasteiger charge is -2.29. The zero-order valence-electron chi connectivity index (χ0n) is 14.2. The lowest BCUT2D eigenvalue weighted by Crippen LogP contribution is -2.41. The van der Waals surface area contributed by atoms with Gasteiger partial charge in [-0.3, -0.25) is 4.79 Å². The van der Waals surface area contributed by atoms with Crippen LogP contribution in [0.1, 0.15) is 62.8 Å². The van der Waals surface area contributed by atoms with Gasteiger partial charge < -0.3 is 10.6 Å². The van der Waals surface area contributed by atoms with E-state index in [2.05, 4.69) is 41.0 Å². The Kier molecular flexibility index (Phi) is 5.83. The van der Waals surface area contributed by atoms with Crippen LogP contribution in [0.15, 0.2) is 30.3 Å². The summed E-state index contributed by atoms with van der Waals surface area (Å²) < 4.78 is 0. The largest absolute Gasteiger partial charge is 0.353 e. The molecular formula is C20H29ClN2O. The predicted molar refractivity (Wildman–Crippen MR) is 99.5 cm³/mol. The first-order valence-electron chi connectivity index (χ1n) is 9.38. The highest BCUT2D eigenvalue weighted by Crippen LogP contribution is 2.35. The molecule has 4 unspecified atom stereocenters. The zero-order valence-corrected chi connectivity index (χ0v) is 15.1. The first kappa shape index (κ1) is 17.8. The Morgan fingerprint density at radius 2 is 1.75 bits per heavy atom. The smallest absolute Gasteiger partial charge is 0.220 e. The van der Waals surface area contributed by atoms with Crippen molar-refractivity contribution in [1.29, 1.82) is 0 Å². The van der Waals surface area contributed by atoms with Gasteiger partial charge in [0.1, 0.15) is 0 Å². The molecule has 4 heteroatoms. The van der Waals surface area contributed by atoms with Crippen molar-refractivity contribution < 1.29 is 4.79 Å². The SMILES string of the molecule is Cl.O=C(CC1CC2CCC(C1)N2)NC1CCCC1c1ccccc1. The van der Waals surface area contributed by atoms with Crippen molar-refractivity contribution in [3.05, 3.63) is 35.9 Å². The molecule has 4 rings (SSSR count). The van der Waals surface area contributed by atoms with Crippen LogP contribution >= 0.6 is 12.4 Å². The molecule has 0 radical (unpaired) electrons. The molecule has 2 N–H and O–H groups in total. The van der Waals surface area contributed by atoms with Crippen LogP contribution in [-0.2, 0) is 4.79 Å². The number of fused-ring (bicyclic) bond motifs is 2. The number of piperidine rings is 1. The van der Waals surface area contributed by atoms with Crippen LogP contribution in [0.2, 0.25) is 0 Å². The van der Waals surface area contributed by atoms with E-state index in [9.17, 15) is 4.79 Å². The molecule has 3 fully saturated rings. The number of halogens is 1. The zero-order chi connectivity index (χ0) is 15.6. The van der Waals surface area contributed by atoms with Crippen LogP contribution in [-0.4, -0.2) is 24.0 Å². The Hall–Kier alpha value is -1.06. The lowest BCUT2D eigenvalue weighted by atomic mass is 9.89. The highest BCUT2D eigenvalue weighted by molar-refractivity contribution is 5.85. The van der Waals surface area contributed by atoms with Crippen LogP contribution in [0, 0.1) is 5.92 Å². The molecule has 24 heavy (non-hydrogen) atoms. The minimum Gasteiger partial charge on any atom is -0.353 e. The molecule has 2 saturated heterocycles. The minimum absolute atomic E-state index is 0. The summed E-state index contributed by atoms with van der Waals surface area (Å²) in [6, 6.07) is 12.4. The molecule has 1 saturated carbocycles. The summed E-state index contributed by atoms with van der Waals surface area (Å²) in [7, 11) is 0. The summed E-state index contributed by atoms with van der Waals surface area (Å²) in [6.07, 6.45) is 9.28. The molecule has 1 amide bonds. The van der Waals surface area contributed by atoms with E-state index in [0.717, 1.165) is 12.8 Å². The summed E-state index contributed by atoms with van der Waals surface area (Å²) in [5.41, 5.74) is 1.38. The van der Waals surface area contributed by atoms with E-state index in [1.807, 2.05) is 0 Å². The van der Waals surface area contributed by atoms with E-state index in [-0.39, 0.29) is 18.3 Å². The quantitative estimate of drug-likeness (QED) is 0.869. The van der Waals surface area contributed by atoms with Gasteiger partial charge in [-0.2, -0.15) is 0 Å². The second kappa shape index (κ2) is 7.88. The predicted octanol–water partition coefficient (Wildman–Crippen LogP) is 3.78. The van der Waals surface area contributed by atoms with Gasteiger partial charge >= 0.3 is 0 Å². The molecular weight excluding hydrogens is 320 g/mol. The van der Waals surface area contributed by atoms with Crippen LogP contribution in [0.3, 0.4) is 0 Å². The Labute approximate surface area is 151 Å². The summed E-state index contributed by atoms with van der Waals surface area (Å²) in [5.74, 6) is 1.37. The average Bonchev–Trinajstić information content (AvgIpc) is 3.14. The third kappa shape index (κ3) is 3.94. The Morgan fingerprint density at radius 1 is 1.04 bits per heavy atom. The van der Waals surface area contributed by atoms with Gasteiger partial charge in [0.05, 0.1) is 0 Å². The van der Waals surface area contributed by atoms with Crippen molar-refractivity contribution >= 4 is 18.3 Å². The maximum absolute atomic E-state index is 12.5. The first-order chi connectivity index (χ1) is 11.3. The van der Waals surface area contributed by atoms with Gasteiger partial charge in [0.2, 0.25) is 5.91 Å². The topological polar surface area (TPSA) is 41.1 Å². The number of carbonyl (C=O) groups excluding carboxylic acids is 1. The molecule has 3 nitrogen and oxygen atoms in total. The first-order valence-corrected chi connectivity index (χ1v) is 9.38. The van der Waals surface area contributed by atoms with E-state index < -0.39 is 0 Å². The monoisotopic (exact) mass is 348 g/mol. The third-order valence-electron chi connectivity index (χ3n) is 6.13. The fraction of sp³-hybridized carbons (Fsp3) is 0.650. The van der Waals surface area contributed by atoms with Gasteiger partial charge in [-0.1, -0.05) is 36.8 Å². The molecule has 0 spiro atoms. The molecule has 4 atom stereocenters. The molecule has 2 heterocycles. The number of benzene rings is 1. The summed E-state index contributed by atoms with van der Waals surface area (Å²) in [6.45, 7) is 0. The van der Waals surface area contributed by atoms with Gasteiger partial charge in [0.15, 0.2) is 0 Å². The number of nitrogens with one attached hydrogen (secondary N) is 2. The van der Waals surface area contributed by atoms with Crippen molar-refractivity contribution in [2.45, 2.75) is 75.4 Å². The van der Waals surface area contributed by atoms with Crippen molar-refractivity contribution in [1.82, 2.24) is 10.6 Å². The van der Waals surface area contributed by atoms with Gasteiger partial charge in [0.25, 0.3) is 0 Å². The standard InChI is InChI=1S/C20H28N2O.ClH/c23-20(13-14-11-16-9-10-17(12-14)21-16)22-19-8-4-7-18(19)15-5-2-1-3-6-15;/h1-3,5-6,14,16-19,21H,4,7-13H2,(H,22,23);1H. The fourth-order valence-electron chi connectivity index (χ4n) is 5.10. The molecule has 132 valence electrons. The van der Waals surface area contributed by atoms with Crippen molar-refractivity contribution in [3.63, 3.8) is 0 Å². The minimum atomic E-state index is 0. The van der Waals surface area contributed by atoms with Gasteiger partial charge in [-0.15, -0.1) is 12.4 Å². The fourth-order valence-corrected chi connectivity index (χ4v) is 5.10. The van der Waals surface area contributed by atoms with Crippen LogP contribution < -0.4 is 10.6 Å². The van der Waals surface area contributed by atoms with Crippen LogP contribution in [0.5, 0.6) is 0 Å². The molecule has 1 aromatic rings. The maximum Gasteiger partial charge on any atom is 0.220 e. The van der Waals surface area contributed by atoms with Crippen LogP contribution in [0.4, 0.5) is 0 Å². The van der Waals surface area contributed by atoms with E-state index in [1.165, 1.54) is 44.1 Å². The van der Waals surface area contributed by atoms with Crippen molar-refractivity contribution in [2.24, 2.45) is 5.92 Å². The summed E-state index contributed by atoms with van der Waals surface area (Å²) in [4.78, 5) is 12.5. The summed E-state index contributed by atoms with van der Waals surface area (Å²) >= 11 is 0. The van der Waals surface area contributed by atoms with E-state index >= 15 is 0 Å². The molecule has 2 aliphatic heterocycles. The summed E-state index contributed by atoms with van der Waals surface area (Å²) in [5, 5.41) is 7.03. The highest BCUT2D eigenvalue weighted by Gasteiger charge is 2.35. The molecule has 3 aliphatic rings. The van der Waals surface area contributed by atoms with Crippen molar-refractivity contribution in [2.75, 3.05) is 0 Å². The van der Waals surface area contributed by atoms with Crippen molar-refractivity contribution in [3.8, 4) is 0 Å². The lowest BCUT2D eigenvalue weighted by molar-refractivity contribution is -0.123. The normalized spacial score (nSPS) is 34.6. The van der Waals surface area contributed by atoms with Gasteiger partial charge in [0, 0.05) is 30.5 Å². The number of hydrogen-bond donors (Lipinski definition) is 2. The number of carbonyl (C=O) groups is 1. The Bertz CT molecular complexity index is 538. The second-order valence-corrected chi connectivity index (χ2v) is 7.80. The van der Waals surface area contributed by atoms with Crippen LogP contribution in [0.25, 0.3) is 0 Å². The van der Waals surface area contributed by atoms with Gasteiger partial charge in [-0.25, -0.2) is 0 Å². The molecule has 1 aromatic carbocycles. The Morgan fingerprint density at radius 3 is 2.46 bits per heavy atom. The maximum atomic E-state index is 12.5. The number of hydrogen-bond acceptors (Lipinski definition) is 2. The highest BCUT2D eigenvalue weighted by atomic mass is 35.5. The van der Waals surface area contributed by atoms with E-state index in [1.54, 1.807) is 0 Å². The second-order valence-electron chi connectivity index (χ2n) is 7.80. The van der Waals surface area contributed by atoms with E-state index in [4.69, 9.17) is 0 Å². The average molecular weight is 349 g/mol. The molecule has 0 aromatic heterocycles. The molecule has 2 bridgehead atoms. The number of amides is 1. The van der Waals surface area contributed by atoms with E-state index in [0.29, 0.717) is 30.0 Å². The number of rotatable bonds is 4. The van der Waals surface area contributed by atoms with Gasteiger partial charge in [-0.05, 0) is 50.0 Å². The Balaban J connectivity index is 0.00000169. The molecule has 1 aliphatic carbocycles. The third-order valence-corrected chi connectivity index (χ3v) is 6.13.